The molecule has 5 aliphatic carbocycles. The minimum Gasteiger partial charge on any atom is -0.481 e. The minimum atomic E-state index is -1.99. The van der Waals surface area contributed by atoms with Crippen molar-refractivity contribution in [1.82, 2.24) is 0 Å². The van der Waals surface area contributed by atoms with E-state index in [1.165, 1.54) is 20.8 Å². The highest BCUT2D eigenvalue weighted by atomic mass is 16.8. The number of carboxylic acid groups (broad SMARTS) is 1. The van der Waals surface area contributed by atoms with Crippen molar-refractivity contribution >= 4 is 17.9 Å². The van der Waals surface area contributed by atoms with Gasteiger partial charge in [0.15, 0.2) is 31.3 Å². The summed E-state index contributed by atoms with van der Waals surface area (Å²) in [5, 5.41) is 165. The lowest BCUT2D eigenvalue weighted by molar-refractivity contribution is -0.378. The molecule has 0 amide bonds. The SMILES string of the molecule is CC(=O)OC[C@H]1O[C@@H](O[C@@H]2CO[C@@H](O[C@@H]3[C@@H](O)[C@@H](O)[C@H](O[C@H]4[C@H](OC(=O)[C@]56CCC(C)(C)C[C@H]5C5=CC[C@@H]7[C@@]8(C)C[C@H](O)[C@H](O[C@@H]9O[C@H](CO)[C@@H](O)[C@H](O)[C@H]9O)[C@@](C)(C(=O)O)[C@@H]8CC[C@@]7(C)[C@]5(C)CC6)O[C@H](C)[C@H](O)[C@@H]4O)O[C@H]3C)[C@H](O)[C@H]2O)[C@H](O)[C@@H](O)[C@H]1O. The molecule has 10 aliphatic rings. The van der Waals surface area contributed by atoms with E-state index in [2.05, 4.69) is 33.8 Å². The van der Waals surface area contributed by atoms with Crippen LogP contribution in [0.3, 0.4) is 0 Å². The summed E-state index contributed by atoms with van der Waals surface area (Å²) in [5.74, 6) is -3.77. The van der Waals surface area contributed by atoms with Gasteiger partial charge in [-0.25, -0.2) is 0 Å². The Kier molecular flexibility index (Phi) is 20.0. The molecule has 9 fully saturated rings. The van der Waals surface area contributed by atoms with Crippen LogP contribution in [0.4, 0.5) is 0 Å². The standard InChI is InChI=1S/C61H96O29/c1-23-34(65)40(71)47(88-50-45(76)41(72)46(24(2)83-50)87-49-42(73)37(68)31(22-81-49)86-51-43(74)39(70)36(67)30(85-51)21-80-25(3)63)53(82-23)90-55(79)61-16-14-56(4,5)18-27(61)26-10-11-32-57(6)19-28(64)48(89-52-44(75)38(69)35(66)29(20-62)84-52)60(9,54(77)78)33(57)12-13-59(32,8)58(26,7)15-17-61/h10,23-24,27-53,62,64-76H,11-22H2,1-9H3,(H,77,78)/t23-,24+,27+,28+,29-,30-,31-,32-,33-,34+,35-,36+,37+,38+,39+,40+,41+,42-,43-,44-,45-,46+,47-,48+,49+,50+,51+,52+,53+,57-,58-,59-,60+,61+/m1/s1. The van der Waals surface area contributed by atoms with E-state index in [9.17, 15) is 86.2 Å². The Morgan fingerprint density at radius 3 is 1.79 bits per heavy atom. The van der Waals surface area contributed by atoms with Gasteiger partial charge in [0.1, 0.15) is 110 Å². The van der Waals surface area contributed by atoms with Crippen molar-refractivity contribution in [2.75, 3.05) is 19.8 Å². The maximum absolute atomic E-state index is 15.5. The van der Waals surface area contributed by atoms with Crippen molar-refractivity contribution in [1.29, 1.82) is 0 Å². The van der Waals surface area contributed by atoms with E-state index >= 15 is 4.79 Å². The Morgan fingerprint density at radius 1 is 0.578 bits per heavy atom. The number of carbonyl (C=O) groups excluding carboxylic acids is 2. The maximum atomic E-state index is 15.5. The first-order valence-corrected chi connectivity index (χ1v) is 31.6. The summed E-state index contributed by atoms with van der Waals surface area (Å²) in [6.45, 7) is 14.5. The Balaban J connectivity index is 0.833. The molecule has 0 spiro atoms. The van der Waals surface area contributed by atoms with Gasteiger partial charge in [-0.3, -0.25) is 14.4 Å². The second-order valence-corrected chi connectivity index (χ2v) is 29.1. The van der Waals surface area contributed by atoms with E-state index in [1.807, 2.05) is 6.92 Å². The van der Waals surface area contributed by atoms with Crippen LogP contribution in [0.25, 0.3) is 0 Å². The summed E-state index contributed by atoms with van der Waals surface area (Å²) in [7, 11) is 0. The predicted octanol–water partition coefficient (Wildman–Crippen LogP) is -2.91. The molecule has 0 aromatic heterocycles. The number of hydrogen-bond acceptors (Lipinski definition) is 28. The zero-order valence-corrected chi connectivity index (χ0v) is 52.2. The highest BCUT2D eigenvalue weighted by Gasteiger charge is 2.73. The van der Waals surface area contributed by atoms with Crippen LogP contribution < -0.4 is 0 Å². The topological polar surface area (TPSA) is 456 Å². The number of carboxylic acids is 1. The van der Waals surface area contributed by atoms with Crippen molar-refractivity contribution in [3.05, 3.63) is 11.6 Å². The van der Waals surface area contributed by atoms with Gasteiger partial charge in [0.05, 0.1) is 42.4 Å². The molecule has 0 bridgehead atoms. The van der Waals surface area contributed by atoms with E-state index < -0.39 is 230 Å². The van der Waals surface area contributed by atoms with E-state index in [4.69, 9.17) is 52.1 Å². The quantitative estimate of drug-likeness (QED) is 0.0471. The molecule has 514 valence electrons. The molecular weight excluding hydrogens is 1200 g/mol. The number of fused-ring (bicyclic) bond motifs is 7. The number of hydrogen-bond donors (Lipinski definition) is 15. The molecule has 90 heavy (non-hydrogen) atoms. The fraction of sp³-hybridized carbons (Fsp3) is 0.918. The molecule has 29 heteroatoms. The van der Waals surface area contributed by atoms with Gasteiger partial charge in [-0.15, -0.1) is 0 Å². The summed E-state index contributed by atoms with van der Waals surface area (Å²) in [5.41, 5.74) is -4.00. The van der Waals surface area contributed by atoms with Gasteiger partial charge in [-0.2, -0.15) is 0 Å². The number of ether oxygens (including phenoxy) is 11. The summed E-state index contributed by atoms with van der Waals surface area (Å²) < 4.78 is 64.3. The Hall–Kier alpha value is -2.77. The predicted molar refractivity (Wildman–Crippen MR) is 300 cm³/mol. The Bertz CT molecular complexity index is 2610. The molecule has 5 saturated heterocycles. The molecule has 29 nitrogen and oxygen atoms in total. The highest BCUT2D eigenvalue weighted by Crippen LogP contribution is 2.76. The molecule has 0 unspecified atom stereocenters. The number of aliphatic carboxylic acids is 1. The normalized spacial score (nSPS) is 53.5. The van der Waals surface area contributed by atoms with Gasteiger partial charge < -0.3 is 129 Å². The first-order valence-electron chi connectivity index (χ1n) is 31.6. The van der Waals surface area contributed by atoms with Gasteiger partial charge in [-0.1, -0.05) is 46.3 Å². The molecule has 0 aromatic rings. The zero-order valence-electron chi connectivity index (χ0n) is 52.2. The second-order valence-electron chi connectivity index (χ2n) is 29.1. The highest BCUT2D eigenvalue weighted by molar-refractivity contribution is 5.79. The van der Waals surface area contributed by atoms with Crippen molar-refractivity contribution < 1.29 is 143 Å². The van der Waals surface area contributed by atoms with Crippen LogP contribution >= 0.6 is 0 Å². The Labute approximate surface area is 521 Å². The first-order chi connectivity index (χ1) is 42.0. The molecule has 0 radical (unpaired) electrons. The third-order valence-electron chi connectivity index (χ3n) is 23.4. The lowest BCUT2D eigenvalue weighted by Gasteiger charge is -2.71. The number of carbonyl (C=O) groups is 3. The van der Waals surface area contributed by atoms with Crippen LogP contribution in [0.2, 0.25) is 0 Å². The largest absolute Gasteiger partial charge is 0.481 e. The first kappa shape index (κ1) is 70.0. The Morgan fingerprint density at radius 2 is 1.14 bits per heavy atom. The zero-order chi connectivity index (χ0) is 66.0. The smallest absolute Gasteiger partial charge is 0.315 e. The van der Waals surface area contributed by atoms with Crippen LogP contribution in [-0.2, 0) is 66.5 Å². The summed E-state index contributed by atoms with van der Waals surface area (Å²) >= 11 is 0. The molecule has 10 rings (SSSR count). The van der Waals surface area contributed by atoms with E-state index in [0.717, 1.165) is 12.5 Å². The van der Waals surface area contributed by atoms with Gasteiger partial charge >= 0.3 is 17.9 Å². The molecule has 15 N–H and O–H groups in total. The molecule has 34 atom stereocenters. The minimum absolute atomic E-state index is 0.104. The van der Waals surface area contributed by atoms with Gasteiger partial charge in [0, 0.05) is 6.92 Å². The third kappa shape index (κ3) is 11.7. The van der Waals surface area contributed by atoms with E-state index in [0.29, 0.717) is 51.4 Å². The number of allylic oxidation sites excluding steroid dienone is 2. The molecule has 0 aromatic carbocycles. The van der Waals surface area contributed by atoms with Crippen LogP contribution in [0.15, 0.2) is 11.6 Å². The van der Waals surface area contributed by atoms with E-state index in [-0.39, 0.29) is 23.7 Å². The third-order valence-corrected chi connectivity index (χ3v) is 23.4. The fourth-order valence-corrected chi connectivity index (χ4v) is 17.9. The second kappa shape index (κ2) is 25.7. The number of aliphatic hydroxyl groups excluding tert-OH is 14. The van der Waals surface area contributed by atoms with Crippen molar-refractivity contribution in [2.45, 2.75) is 280 Å². The molecular formula is C61H96O29. The molecule has 4 saturated carbocycles. The fourth-order valence-electron chi connectivity index (χ4n) is 17.9. The average molecular weight is 1290 g/mol. The summed E-state index contributed by atoms with van der Waals surface area (Å²) in [4.78, 5) is 40.7. The van der Waals surface area contributed by atoms with Crippen molar-refractivity contribution in [2.24, 2.45) is 50.2 Å². The van der Waals surface area contributed by atoms with Crippen LogP contribution in [0.5, 0.6) is 0 Å². The summed E-state index contributed by atoms with van der Waals surface area (Å²) in [6.07, 6.45) is -36.6. The number of rotatable bonds is 14. The number of esters is 2. The van der Waals surface area contributed by atoms with Crippen LogP contribution in [0, 0.1) is 50.2 Å². The summed E-state index contributed by atoms with van der Waals surface area (Å²) in [6, 6.07) is 0. The van der Waals surface area contributed by atoms with Crippen LogP contribution in [-0.4, -0.2) is 274 Å². The number of aliphatic hydroxyl groups is 14. The van der Waals surface area contributed by atoms with Gasteiger partial charge in [0.2, 0.25) is 6.29 Å². The van der Waals surface area contributed by atoms with E-state index in [1.54, 1.807) is 0 Å². The molecule has 5 aliphatic heterocycles. The lowest BCUT2D eigenvalue weighted by Crippen LogP contribution is -2.70. The van der Waals surface area contributed by atoms with Gasteiger partial charge in [-0.05, 0) is 118 Å². The lowest BCUT2D eigenvalue weighted by atomic mass is 9.33. The van der Waals surface area contributed by atoms with Crippen molar-refractivity contribution in [3.63, 3.8) is 0 Å². The molecule has 5 heterocycles. The van der Waals surface area contributed by atoms with Gasteiger partial charge in [0.25, 0.3) is 0 Å². The maximum Gasteiger partial charge on any atom is 0.315 e. The van der Waals surface area contributed by atoms with Crippen molar-refractivity contribution in [3.8, 4) is 0 Å². The van der Waals surface area contributed by atoms with Crippen LogP contribution in [0.1, 0.15) is 120 Å². The average Bonchev–Trinajstić information content (AvgIpc) is 0.674. The monoisotopic (exact) mass is 1290 g/mol.